The van der Waals surface area contributed by atoms with Gasteiger partial charge in [0.15, 0.2) is 5.82 Å². The van der Waals surface area contributed by atoms with Crippen molar-refractivity contribution in [2.24, 2.45) is 5.73 Å². The number of imidazole rings is 1. The van der Waals surface area contributed by atoms with Crippen molar-refractivity contribution in [3.05, 3.63) is 29.9 Å². The quantitative estimate of drug-likeness (QED) is 0.865. The first-order chi connectivity index (χ1) is 9.79. The molecule has 7 nitrogen and oxygen atoms in total. The Morgan fingerprint density at radius 3 is 3.10 bits per heavy atom. The molecule has 7 heteroatoms. The maximum atomic E-state index is 6.10. The van der Waals surface area contributed by atoms with E-state index < -0.39 is 0 Å². The van der Waals surface area contributed by atoms with Gasteiger partial charge in [-0.3, -0.25) is 0 Å². The van der Waals surface area contributed by atoms with Crippen molar-refractivity contribution in [1.29, 1.82) is 0 Å². The van der Waals surface area contributed by atoms with E-state index in [0.717, 1.165) is 30.8 Å². The first-order valence-electron chi connectivity index (χ1n) is 7.01. The average molecular weight is 275 g/mol. The molecule has 2 aliphatic heterocycles. The molecule has 4 rings (SSSR count). The second-order valence-electron chi connectivity index (χ2n) is 5.59. The highest BCUT2D eigenvalue weighted by Crippen LogP contribution is 2.43. The Bertz CT molecular complexity index is 581. The molecule has 20 heavy (non-hydrogen) atoms. The Morgan fingerprint density at radius 1 is 1.45 bits per heavy atom. The molecule has 3 N–H and O–H groups in total. The summed E-state index contributed by atoms with van der Waals surface area (Å²) in [6, 6.07) is -0.309. The fourth-order valence-electron chi connectivity index (χ4n) is 3.18. The van der Waals surface area contributed by atoms with Gasteiger partial charge >= 0.3 is 0 Å². The summed E-state index contributed by atoms with van der Waals surface area (Å²) >= 11 is 0. The maximum absolute atomic E-state index is 6.10. The number of rotatable bonds is 4. The predicted octanol–water partition coefficient (Wildman–Crippen LogP) is 1.07. The van der Waals surface area contributed by atoms with Crippen LogP contribution in [0.4, 0.5) is 0 Å². The number of nitrogens with one attached hydrogen (secondary N) is 1. The lowest BCUT2D eigenvalue weighted by Gasteiger charge is -2.13. The van der Waals surface area contributed by atoms with Gasteiger partial charge in [-0.25, -0.2) is 4.98 Å². The number of aromatic nitrogens is 4. The Hall–Kier alpha value is -1.73. The Kier molecular flexibility index (Phi) is 2.82. The number of nitrogens with zero attached hydrogens (tertiary/aromatic N) is 3. The van der Waals surface area contributed by atoms with E-state index in [4.69, 9.17) is 15.0 Å². The second-order valence-corrected chi connectivity index (χ2v) is 5.59. The van der Waals surface area contributed by atoms with Crippen molar-refractivity contribution < 1.29 is 9.26 Å². The summed E-state index contributed by atoms with van der Waals surface area (Å²) in [5.74, 6) is 1.50. The molecule has 3 unspecified atom stereocenters. The molecule has 2 aromatic heterocycles. The highest BCUT2D eigenvalue weighted by molar-refractivity contribution is 5.09. The topological polar surface area (TPSA) is 103 Å². The number of nitrogens with two attached hydrogens (primary N) is 1. The van der Waals surface area contributed by atoms with E-state index in [1.165, 1.54) is 0 Å². The van der Waals surface area contributed by atoms with Gasteiger partial charge in [-0.1, -0.05) is 5.16 Å². The minimum atomic E-state index is -0.309. The Labute approximate surface area is 115 Å². The summed E-state index contributed by atoms with van der Waals surface area (Å²) < 4.78 is 11.1. The van der Waals surface area contributed by atoms with E-state index in [9.17, 15) is 0 Å². The summed E-state index contributed by atoms with van der Waals surface area (Å²) in [6.07, 6.45) is 7.88. The largest absolute Gasteiger partial charge is 0.374 e. The van der Waals surface area contributed by atoms with E-state index in [2.05, 4.69) is 20.1 Å². The van der Waals surface area contributed by atoms with Crippen LogP contribution >= 0.6 is 0 Å². The van der Waals surface area contributed by atoms with Gasteiger partial charge in [-0.15, -0.1) is 0 Å². The van der Waals surface area contributed by atoms with Crippen LogP contribution in [-0.2, 0) is 11.2 Å². The lowest BCUT2D eigenvalue weighted by Crippen LogP contribution is -2.17. The van der Waals surface area contributed by atoms with E-state index in [1.807, 2.05) is 0 Å². The number of hydrogen-bond donors (Lipinski definition) is 2. The molecule has 4 heterocycles. The van der Waals surface area contributed by atoms with Gasteiger partial charge in [0.1, 0.15) is 0 Å². The molecular weight excluding hydrogens is 258 g/mol. The first-order valence-corrected chi connectivity index (χ1v) is 7.01. The number of hydrogen-bond acceptors (Lipinski definition) is 6. The summed E-state index contributed by atoms with van der Waals surface area (Å²) in [7, 11) is 0. The van der Waals surface area contributed by atoms with Gasteiger partial charge < -0.3 is 20.0 Å². The van der Waals surface area contributed by atoms with E-state index in [0.29, 0.717) is 18.4 Å². The van der Waals surface area contributed by atoms with Crippen molar-refractivity contribution >= 4 is 0 Å². The van der Waals surface area contributed by atoms with Crippen molar-refractivity contribution in [1.82, 2.24) is 20.1 Å². The minimum Gasteiger partial charge on any atom is -0.374 e. The van der Waals surface area contributed by atoms with Crippen molar-refractivity contribution in [2.75, 3.05) is 0 Å². The summed E-state index contributed by atoms with van der Waals surface area (Å²) in [6.45, 7) is 0. The third kappa shape index (κ3) is 2.03. The second kappa shape index (κ2) is 4.68. The Morgan fingerprint density at radius 2 is 2.40 bits per heavy atom. The monoisotopic (exact) mass is 275 g/mol. The van der Waals surface area contributed by atoms with Crippen LogP contribution in [0.3, 0.4) is 0 Å². The molecule has 2 fully saturated rings. The summed E-state index contributed by atoms with van der Waals surface area (Å²) in [5.41, 5.74) is 7.06. The number of fused-ring (bicyclic) bond motifs is 2. The third-order valence-corrected chi connectivity index (χ3v) is 4.21. The molecule has 2 aromatic rings. The van der Waals surface area contributed by atoms with Crippen molar-refractivity contribution in [3.63, 3.8) is 0 Å². The number of H-pyrrole nitrogens is 1. The van der Waals surface area contributed by atoms with Crippen LogP contribution in [-0.4, -0.2) is 32.3 Å². The van der Waals surface area contributed by atoms with Crippen molar-refractivity contribution in [2.45, 2.75) is 49.9 Å². The van der Waals surface area contributed by atoms with E-state index >= 15 is 0 Å². The van der Waals surface area contributed by atoms with Crippen LogP contribution < -0.4 is 5.73 Å². The zero-order chi connectivity index (χ0) is 13.5. The van der Waals surface area contributed by atoms with Crippen LogP contribution in [0.15, 0.2) is 17.0 Å². The lowest BCUT2D eigenvalue weighted by atomic mass is 9.89. The molecule has 2 bridgehead atoms. The highest BCUT2D eigenvalue weighted by atomic mass is 16.5. The van der Waals surface area contributed by atoms with Gasteiger partial charge in [-0.05, 0) is 19.3 Å². The standard InChI is InChI=1S/C13H17N5O2/c14-10(3-7-5-15-6-16-7)13-17-12(18-20-13)9-4-8-1-2-11(9)19-8/h5-6,8-11H,1-4,14H2,(H,15,16)/t8?,9?,10-,11?/m0/s1. The number of aromatic amines is 1. The SMILES string of the molecule is N[C@@H](Cc1cnc[nH]1)c1nc(C2CC3CCC2O3)no1. The molecule has 0 saturated carbocycles. The molecule has 2 aliphatic rings. The average Bonchev–Trinajstić information content (AvgIpc) is 3.22. The fourth-order valence-corrected chi connectivity index (χ4v) is 3.18. The van der Waals surface area contributed by atoms with Crippen LogP contribution in [0.25, 0.3) is 0 Å². The predicted molar refractivity (Wildman–Crippen MR) is 68.8 cm³/mol. The lowest BCUT2D eigenvalue weighted by molar-refractivity contribution is 0.0996. The zero-order valence-corrected chi connectivity index (χ0v) is 11.0. The minimum absolute atomic E-state index is 0.259. The highest BCUT2D eigenvalue weighted by Gasteiger charge is 2.43. The van der Waals surface area contributed by atoms with E-state index in [-0.39, 0.29) is 18.1 Å². The van der Waals surface area contributed by atoms with Gasteiger partial charge in [0.05, 0.1) is 30.5 Å². The normalized spacial score (nSPS) is 29.9. The van der Waals surface area contributed by atoms with E-state index in [1.54, 1.807) is 12.5 Å². The molecule has 0 radical (unpaired) electrons. The molecule has 0 amide bonds. The van der Waals surface area contributed by atoms with Gasteiger partial charge in [0, 0.05) is 18.3 Å². The number of ether oxygens (including phenoxy) is 1. The Balaban J connectivity index is 1.47. The molecular formula is C13H17N5O2. The van der Waals surface area contributed by atoms with Crippen LogP contribution in [0.1, 0.15) is 48.6 Å². The van der Waals surface area contributed by atoms with Crippen molar-refractivity contribution in [3.8, 4) is 0 Å². The van der Waals surface area contributed by atoms with Gasteiger partial charge in [0.25, 0.3) is 0 Å². The maximum Gasteiger partial charge on any atom is 0.243 e. The first kappa shape index (κ1) is 12.0. The molecule has 0 spiro atoms. The third-order valence-electron chi connectivity index (χ3n) is 4.21. The summed E-state index contributed by atoms with van der Waals surface area (Å²) in [5, 5.41) is 4.10. The molecule has 106 valence electrons. The molecule has 0 aromatic carbocycles. The van der Waals surface area contributed by atoms with Crippen LogP contribution in [0, 0.1) is 0 Å². The smallest absolute Gasteiger partial charge is 0.243 e. The summed E-state index contributed by atoms with van der Waals surface area (Å²) in [4.78, 5) is 11.5. The van der Waals surface area contributed by atoms with Gasteiger partial charge in [0.2, 0.25) is 5.89 Å². The van der Waals surface area contributed by atoms with Crippen LogP contribution in [0.5, 0.6) is 0 Å². The van der Waals surface area contributed by atoms with Crippen LogP contribution in [0.2, 0.25) is 0 Å². The molecule has 4 atom stereocenters. The zero-order valence-electron chi connectivity index (χ0n) is 11.0. The van der Waals surface area contributed by atoms with Gasteiger partial charge in [-0.2, -0.15) is 4.98 Å². The fraction of sp³-hybridized carbons (Fsp3) is 0.615. The molecule has 0 aliphatic carbocycles. The molecule has 2 saturated heterocycles.